The molecule has 228 valence electrons. The van der Waals surface area contributed by atoms with Crippen molar-refractivity contribution in [3.63, 3.8) is 0 Å². The summed E-state index contributed by atoms with van der Waals surface area (Å²) < 4.78 is 6.05. The van der Waals surface area contributed by atoms with Crippen LogP contribution in [0, 0.1) is 64.1 Å². The molecule has 4 nitrogen and oxygen atoms in total. The van der Waals surface area contributed by atoms with Gasteiger partial charge >= 0.3 is 5.97 Å². The van der Waals surface area contributed by atoms with Crippen LogP contribution < -0.4 is 0 Å². The van der Waals surface area contributed by atoms with Gasteiger partial charge in [-0.1, -0.05) is 73.1 Å². The highest BCUT2D eigenvalue weighted by atomic mass is 16.5. The van der Waals surface area contributed by atoms with Crippen molar-refractivity contribution in [2.45, 2.75) is 118 Å². The minimum Gasteiger partial charge on any atom is -0.458 e. The maximum Gasteiger partial charge on any atom is 0.338 e. The van der Waals surface area contributed by atoms with Gasteiger partial charge in [0.05, 0.1) is 11.7 Å². The van der Waals surface area contributed by atoms with E-state index in [0.717, 1.165) is 25.7 Å². The molecule has 0 radical (unpaired) electrons. The summed E-state index contributed by atoms with van der Waals surface area (Å²) in [6.07, 6.45) is 8.84. The topological polar surface area (TPSA) is 63.6 Å². The van der Waals surface area contributed by atoms with Crippen LogP contribution >= 0.6 is 0 Å². The van der Waals surface area contributed by atoms with Gasteiger partial charge in [0.1, 0.15) is 11.9 Å². The summed E-state index contributed by atoms with van der Waals surface area (Å²) in [5, 5.41) is 11.4. The van der Waals surface area contributed by atoms with Crippen molar-refractivity contribution < 1.29 is 19.4 Å². The molecule has 0 amide bonds. The normalized spacial score (nSPS) is 40.7. The van der Waals surface area contributed by atoms with E-state index in [1.165, 1.54) is 25.7 Å². The maximum atomic E-state index is 14.1. The highest BCUT2D eigenvalue weighted by Gasteiger charge is 2.64. The van der Waals surface area contributed by atoms with Crippen LogP contribution in [0.4, 0.5) is 0 Å². The van der Waals surface area contributed by atoms with Gasteiger partial charge in [0.15, 0.2) is 0 Å². The average molecular weight is 565 g/mol. The van der Waals surface area contributed by atoms with E-state index in [9.17, 15) is 14.7 Å². The fraction of sp³-hybridized carbons (Fsp3) is 0.784. The SMILES string of the molecule is CCC(CC(O)C(C)C1CCC2C3CC(=O)C4C(C)C(OC(=O)c5ccccc5)CCC4(C)C3CCC12C)C(C)C. The number of ether oxygens (including phenoxy) is 1. The number of hydrogen-bond donors (Lipinski definition) is 1. The Hall–Kier alpha value is -1.68. The van der Waals surface area contributed by atoms with Gasteiger partial charge in [-0.3, -0.25) is 4.79 Å². The first-order valence-corrected chi connectivity index (χ1v) is 16.9. The number of carbonyl (C=O) groups excluding carboxylic acids is 2. The van der Waals surface area contributed by atoms with Gasteiger partial charge in [-0.05, 0) is 109 Å². The van der Waals surface area contributed by atoms with Crippen LogP contribution in [0.3, 0.4) is 0 Å². The zero-order valence-corrected chi connectivity index (χ0v) is 26.8. The third-order valence-electron chi connectivity index (χ3n) is 13.5. The molecule has 4 aliphatic carbocycles. The van der Waals surface area contributed by atoms with Gasteiger partial charge in [0.25, 0.3) is 0 Å². The third-order valence-corrected chi connectivity index (χ3v) is 13.5. The summed E-state index contributed by atoms with van der Waals surface area (Å²) in [4.78, 5) is 26.9. The second-order valence-corrected chi connectivity index (χ2v) is 15.5. The Labute approximate surface area is 249 Å². The van der Waals surface area contributed by atoms with Gasteiger partial charge in [-0.15, -0.1) is 0 Å². The summed E-state index contributed by atoms with van der Waals surface area (Å²) in [6.45, 7) is 16.2. The van der Waals surface area contributed by atoms with Crippen molar-refractivity contribution in [3.8, 4) is 0 Å². The van der Waals surface area contributed by atoms with E-state index in [0.29, 0.717) is 59.2 Å². The van der Waals surface area contributed by atoms with Crippen LogP contribution in [0.2, 0.25) is 0 Å². The molecule has 4 saturated carbocycles. The molecule has 1 aromatic rings. The standard InChI is InChI=1S/C37H56O4/c1-8-25(22(2)3)20-31(38)23(4)28-14-15-29-27-21-32(39)34-24(5)33(41-35(40)26-12-10-9-11-13-26)17-19-37(34,7)30(27)16-18-36(28,29)6/h9-13,22-25,27-31,33-34,38H,8,14-21H2,1-7H3. The van der Waals surface area contributed by atoms with E-state index >= 15 is 0 Å². The number of carbonyl (C=O) groups is 2. The average Bonchev–Trinajstić information content (AvgIpc) is 3.30. The summed E-state index contributed by atoms with van der Waals surface area (Å²) in [6, 6.07) is 9.24. The van der Waals surface area contributed by atoms with Crippen LogP contribution in [0.1, 0.15) is 117 Å². The van der Waals surface area contributed by atoms with Crippen LogP contribution in [-0.4, -0.2) is 29.1 Å². The molecule has 4 fully saturated rings. The van der Waals surface area contributed by atoms with Crippen molar-refractivity contribution >= 4 is 11.8 Å². The summed E-state index contributed by atoms with van der Waals surface area (Å²) in [5.41, 5.74) is 0.767. The number of aliphatic hydroxyl groups excluding tert-OH is 1. The Kier molecular flexibility index (Phi) is 8.84. The smallest absolute Gasteiger partial charge is 0.338 e. The van der Waals surface area contributed by atoms with Crippen molar-refractivity contribution in [1.82, 2.24) is 0 Å². The van der Waals surface area contributed by atoms with E-state index in [1.807, 2.05) is 18.2 Å². The fourth-order valence-electron chi connectivity index (χ4n) is 11.1. The molecule has 12 unspecified atom stereocenters. The predicted molar refractivity (Wildman–Crippen MR) is 164 cm³/mol. The number of ketones is 1. The van der Waals surface area contributed by atoms with Gasteiger partial charge in [0, 0.05) is 18.3 Å². The van der Waals surface area contributed by atoms with E-state index < -0.39 is 0 Å². The summed E-state index contributed by atoms with van der Waals surface area (Å²) in [5.74, 6) is 3.73. The number of esters is 1. The summed E-state index contributed by atoms with van der Waals surface area (Å²) >= 11 is 0. The molecule has 0 aliphatic heterocycles. The summed E-state index contributed by atoms with van der Waals surface area (Å²) in [7, 11) is 0. The number of hydrogen-bond acceptors (Lipinski definition) is 4. The van der Waals surface area contributed by atoms with Crippen molar-refractivity contribution in [1.29, 1.82) is 0 Å². The molecule has 0 bridgehead atoms. The maximum absolute atomic E-state index is 14.1. The monoisotopic (exact) mass is 564 g/mol. The highest BCUT2D eigenvalue weighted by molar-refractivity contribution is 5.89. The molecule has 0 spiro atoms. The zero-order valence-electron chi connectivity index (χ0n) is 26.8. The lowest BCUT2D eigenvalue weighted by Gasteiger charge is -2.61. The Morgan fingerprint density at radius 3 is 2.32 bits per heavy atom. The molecule has 41 heavy (non-hydrogen) atoms. The number of rotatable bonds is 8. The van der Waals surface area contributed by atoms with E-state index in [-0.39, 0.29) is 40.8 Å². The van der Waals surface area contributed by atoms with Crippen molar-refractivity contribution in [3.05, 3.63) is 35.9 Å². The van der Waals surface area contributed by atoms with Gasteiger partial charge in [-0.25, -0.2) is 4.79 Å². The minimum absolute atomic E-state index is 0.0226. The molecule has 12 atom stereocenters. The van der Waals surface area contributed by atoms with Gasteiger partial charge < -0.3 is 9.84 Å². The molecular formula is C37H56O4. The lowest BCUT2D eigenvalue weighted by Crippen LogP contribution is -2.60. The molecule has 0 aromatic heterocycles. The second kappa shape index (κ2) is 11.8. The second-order valence-electron chi connectivity index (χ2n) is 15.5. The first kappa shape index (κ1) is 30.8. The molecule has 4 heteroatoms. The van der Waals surface area contributed by atoms with E-state index in [1.54, 1.807) is 12.1 Å². The first-order chi connectivity index (χ1) is 19.4. The van der Waals surface area contributed by atoms with Crippen molar-refractivity contribution in [2.24, 2.45) is 64.1 Å². The molecule has 1 N–H and O–H groups in total. The molecule has 0 saturated heterocycles. The minimum atomic E-state index is -0.271. The van der Waals surface area contributed by atoms with Crippen LogP contribution in [0.5, 0.6) is 0 Å². The molecule has 5 rings (SSSR count). The van der Waals surface area contributed by atoms with Gasteiger partial charge in [-0.2, -0.15) is 0 Å². The Morgan fingerprint density at radius 1 is 1.00 bits per heavy atom. The van der Waals surface area contributed by atoms with Crippen molar-refractivity contribution in [2.75, 3.05) is 0 Å². The Balaban J connectivity index is 1.30. The lowest BCUT2D eigenvalue weighted by atomic mass is 9.42. The van der Waals surface area contributed by atoms with E-state index in [4.69, 9.17) is 4.74 Å². The third kappa shape index (κ3) is 5.34. The number of fused-ring (bicyclic) bond motifs is 5. The molecular weight excluding hydrogens is 508 g/mol. The fourth-order valence-corrected chi connectivity index (χ4v) is 11.1. The predicted octanol–water partition coefficient (Wildman–Crippen LogP) is 8.37. The zero-order chi connectivity index (χ0) is 29.7. The Morgan fingerprint density at radius 2 is 1.66 bits per heavy atom. The molecule has 0 heterocycles. The quantitative estimate of drug-likeness (QED) is 0.322. The molecule has 1 aromatic carbocycles. The van der Waals surface area contributed by atoms with E-state index in [2.05, 4.69) is 48.5 Å². The first-order valence-electron chi connectivity index (χ1n) is 16.9. The number of aliphatic hydroxyl groups is 1. The molecule has 4 aliphatic rings. The van der Waals surface area contributed by atoms with Gasteiger partial charge in [0.2, 0.25) is 0 Å². The lowest BCUT2D eigenvalue weighted by molar-refractivity contribution is -0.170. The van der Waals surface area contributed by atoms with Crippen LogP contribution in [0.15, 0.2) is 30.3 Å². The largest absolute Gasteiger partial charge is 0.458 e. The van der Waals surface area contributed by atoms with Crippen LogP contribution in [0.25, 0.3) is 0 Å². The number of Topliss-reactive ketones (excluding diaryl/α,β-unsaturated/α-hetero) is 1. The highest BCUT2D eigenvalue weighted by Crippen LogP contribution is 2.68. The van der Waals surface area contributed by atoms with Crippen LogP contribution in [-0.2, 0) is 9.53 Å². The Bertz CT molecular complexity index is 1080. The number of benzene rings is 1.